The third-order valence-corrected chi connectivity index (χ3v) is 3.78. The van der Waals surface area contributed by atoms with Gasteiger partial charge in [-0.15, -0.1) is 0 Å². The molecule has 0 fully saturated rings. The number of methoxy groups -OCH3 is 1. The van der Waals surface area contributed by atoms with E-state index in [4.69, 9.17) is 14.6 Å². The predicted molar refractivity (Wildman–Crippen MR) is 80.1 cm³/mol. The summed E-state index contributed by atoms with van der Waals surface area (Å²) in [4.78, 5) is 23.5. The van der Waals surface area contributed by atoms with E-state index in [9.17, 15) is 9.59 Å². The van der Waals surface area contributed by atoms with Gasteiger partial charge in [-0.3, -0.25) is 4.79 Å². The minimum atomic E-state index is -1.03. The topological polar surface area (TPSA) is 84.9 Å². The average molecular weight is 307 g/mol. The maximum absolute atomic E-state index is 12.3. The zero-order valence-electron chi connectivity index (χ0n) is 13.0. The molecule has 1 aromatic rings. The number of hydrogen-bond donors (Lipinski definition) is 2. The predicted octanol–water partition coefficient (Wildman–Crippen LogP) is 1.47. The molecule has 1 aliphatic rings. The summed E-state index contributed by atoms with van der Waals surface area (Å²) in [7, 11) is 1.58. The normalized spacial score (nSPS) is 18.1. The quantitative estimate of drug-likeness (QED) is 0.860. The number of rotatable bonds is 5. The Bertz CT molecular complexity index is 570. The molecule has 1 aliphatic heterocycles. The van der Waals surface area contributed by atoms with Crippen molar-refractivity contribution in [1.29, 1.82) is 0 Å². The van der Waals surface area contributed by atoms with Gasteiger partial charge >= 0.3 is 5.97 Å². The molecule has 2 atom stereocenters. The SMILES string of the molecule is COc1ccc2c(c1)CC(C(=O)N[C@H](C(=O)O)C(C)C)CO2. The number of nitrogens with one attached hydrogen (secondary N) is 1. The molecule has 1 aromatic carbocycles. The first-order chi connectivity index (χ1) is 10.4. The highest BCUT2D eigenvalue weighted by Crippen LogP contribution is 2.30. The van der Waals surface area contributed by atoms with Gasteiger partial charge in [0, 0.05) is 0 Å². The molecule has 22 heavy (non-hydrogen) atoms. The Morgan fingerprint density at radius 2 is 2.14 bits per heavy atom. The molecule has 2 N–H and O–H groups in total. The van der Waals surface area contributed by atoms with Crippen LogP contribution in [0.4, 0.5) is 0 Å². The van der Waals surface area contributed by atoms with Crippen molar-refractivity contribution in [2.45, 2.75) is 26.3 Å². The van der Waals surface area contributed by atoms with Crippen LogP contribution in [0.25, 0.3) is 0 Å². The van der Waals surface area contributed by atoms with E-state index in [1.165, 1.54) is 0 Å². The molecule has 0 aromatic heterocycles. The van der Waals surface area contributed by atoms with Crippen molar-refractivity contribution in [2.75, 3.05) is 13.7 Å². The first kappa shape index (κ1) is 16.1. The van der Waals surface area contributed by atoms with E-state index in [0.717, 1.165) is 11.3 Å². The Labute approximate surface area is 129 Å². The molecule has 6 heteroatoms. The summed E-state index contributed by atoms with van der Waals surface area (Å²) in [6, 6.07) is 4.57. The van der Waals surface area contributed by atoms with Gasteiger partial charge in [0.15, 0.2) is 0 Å². The van der Waals surface area contributed by atoms with Crippen LogP contribution in [0.2, 0.25) is 0 Å². The number of aliphatic carboxylic acids is 1. The van der Waals surface area contributed by atoms with Gasteiger partial charge in [-0.2, -0.15) is 0 Å². The molecule has 1 heterocycles. The van der Waals surface area contributed by atoms with Gasteiger partial charge in [-0.25, -0.2) is 4.79 Å². The van der Waals surface area contributed by atoms with Crippen LogP contribution < -0.4 is 14.8 Å². The third-order valence-electron chi connectivity index (χ3n) is 3.78. The van der Waals surface area contributed by atoms with Crippen molar-refractivity contribution < 1.29 is 24.2 Å². The summed E-state index contributed by atoms with van der Waals surface area (Å²) in [6.45, 7) is 3.77. The van der Waals surface area contributed by atoms with E-state index in [0.29, 0.717) is 12.2 Å². The van der Waals surface area contributed by atoms with Crippen LogP contribution in [0.5, 0.6) is 11.5 Å². The number of ether oxygens (including phenoxy) is 2. The standard InChI is InChI=1S/C16H21NO5/c1-9(2)14(16(19)20)17-15(18)11-6-10-7-12(21-3)4-5-13(10)22-8-11/h4-5,7,9,11,14H,6,8H2,1-3H3,(H,17,18)(H,19,20)/t11?,14-/m0/s1. The fourth-order valence-electron chi connectivity index (χ4n) is 2.45. The van der Waals surface area contributed by atoms with Crippen LogP contribution >= 0.6 is 0 Å². The van der Waals surface area contributed by atoms with Crippen LogP contribution in [-0.4, -0.2) is 36.7 Å². The van der Waals surface area contributed by atoms with E-state index in [2.05, 4.69) is 5.32 Å². The van der Waals surface area contributed by atoms with Gasteiger partial charge < -0.3 is 19.9 Å². The molecule has 0 radical (unpaired) electrons. The Balaban J connectivity index is 2.07. The van der Waals surface area contributed by atoms with Gasteiger partial charge in [0.2, 0.25) is 5.91 Å². The molecule has 120 valence electrons. The highest BCUT2D eigenvalue weighted by Gasteiger charge is 2.30. The Morgan fingerprint density at radius 1 is 1.41 bits per heavy atom. The lowest BCUT2D eigenvalue weighted by atomic mass is 9.94. The second-order valence-corrected chi connectivity index (χ2v) is 5.75. The Hall–Kier alpha value is -2.24. The third kappa shape index (κ3) is 3.50. The lowest BCUT2D eigenvalue weighted by Crippen LogP contribution is -2.48. The van der Waals surface area contributed by atoms with Crippen molar-refractivity contribution >= 4 is 11.9 Å². The molecule has 0 bridgehead atoms. The molecular weight excluding hydrogens is 286 g/mol. The lowest BCUT2D eigenvalue weighted by Gasteiger charge is -2.27. The summed E-state index contributed by atoms with van der Waals surface area (Å²) in [5.74, 6) is -0.465. The smallest absolute Gasteiger partial charge is 0.326 e. The van der Waals surface area contributed by atoms with Gasteiger partial charge in [-0.05, 0) is 36.1 Å². The second kappa shape index (κ2) is 6.68. The summed E-state index contributed by atoms with van der Waals surface area (Å²) < 4.78 is 10.8. The van der Waals surface area contributed by atoms with Crippen LogP contribution in [0.1, 0.15) is 19.4 Å². The highest BCUT2D eigenvalue weighted by molar-refractivity contribution is 5.85. The lowest BCUT2D eigenvalue weighted by molar-refractivity contribution is -0.144. The largest absolute Gasteiger partial charge is 0.497 e. The Morgan fingerprint density at radius 3 is 2.73 bits per heavy atom. The fourth-order valence-corrected chi connectivity index (χ4v) is 2.45. The summed E-state index contributed by atoms with van der Waals surface area (Å²) in [6.07, 6.45) is 0.503. The Kier molecular flexibility index (Phi) is 4.90. The van der Waals surface area contributed by atoms with Crippen molar-refractivity contribution in [3.63, 3.8) is 0 Å². The van der Waals surface area contributed by atoms with E-state index in [-0.39, 0.29) is 18.4 Å². The molecule has 1 amide bonds. The summed E-state index contributed by atoms with van der Waals surface area (Å²) in [5.41, 5.74) is 0.891. The number of carbonyl (C=O) groups excluding carboxylic acids is 1. The highest BCUT2D eigenvalue weighted by atomic mass is 16.5. The summed E-state index contributed by atoms with van der Waals surface area (Å²) in [5, 5.41) is 11.7. The van der Waals surface area contributed by atoms with Gasteiger partial charge in [-0.1, -0.05) is 13.8 Å². The van der Waals surface area contributed by atoms with Crippen LogP contribution in [0, 0.1) is 11.8 Å². The van der Waals surface area contributed by atoms with E-state index in [1.54, 1.807) is 27.0 Å². The number of carboxylic acid groups (broad SMARTS) is 1. The van der Waals surface area contributed by atoms with E-state index < -0.39 is 17.9 Å². The van der Waals surface area contributed by atoms with Crippen molar-refractivity contribution in [1.82, 2.24) is 5.32 Å². The zero-order chi connectivity index (χ0) is 16.3. The first-order valence-electron chi connectivity index (χ1n) is 7.25. The van der Waals surface area contributed by atoms with Crippen molar-refractivity contribution in [3.8, 4) is 11.5 Å². The van der Waals surface area contributed by atoms with Gasteiger partial charge in [0.25, 0.3) is 0 Å². The number of carboxylic acids is 1. The molecule has 0 spiro atoms. The number of carbonyl (C=O) groups is 2. The minimum absolute atomic E-state index is 0.182. The van der Waals surface area contributed by atoms with Crippen molar-refractivity contribution in [2.24, 2.45) is 11.8 Å². The number of benzene rings is 1. The average Bonchev–Trinajstić information content (AvgIpc) is 2.50. The minimum Gasteiger partial charge on any atom is -0.497 e. The van der Waals surface area contributed by atoms with Crippen molar-refractivity contribution in [3.05, 3.63) is 23.8 Å². The number of amides is 1. The molecular formula is C16H21NO5. The molecule has 6 nitrogen and oxygen atoms in total. The van der Waals surface area contributed by atoms with Gasteiger partial charge in [0.1, 0.15) is 24.1 Å². The van der Waals surface area contributed by atoms with Crippen LogP contribution in [0.15, 0.2) is 18.2 Å². The van der Waals surface area contributed by atoms with E-state index >= 15 is 0 Å². The van der Waals surface area contributed by atoms with Crippen LogP contribution in [-0.2, 0) is 16.0 Å². The molecule has 1 unspecified atom stereocenters. The molecule has 0 saturated carbocycles. The van der Waals surface area contributed by atoms with Crippen LogP contribution in [0.3, 0.4) is 0 Å². The maximum Gasteiger partial charge on any atom is 0.326 e. The monoisotopic (exact) mass is 307 g/mol. The molecule has 0 aliphatic carbocycles. The number of hydrogen-bond acceptors (Lipinski definition) is 4. The fraction of sp³-hybridized carbons (Fsp3) is 0.500. The maximum atomic E-state index is 12.3. The van der Waals surface area contributed by atoms with E-state index in [1.807, 2.05) is 12.1 Å². The summed E-state index contributed by atoms with van der Waals surface area (Å²) >= 11 is 0. The molecule has 2 rings (SSSR count). The first-order valence-corrected chi connectivity index (χ1v) is 7.25. The second-order valence-electron chi connectivity index (χ2n) is 5.75. The number of fused-ring (bicyclic) bond motifs is 1. The zero-order valence-corrected chi connectivity index (χ0v) is 13.0. The van der Waals surface area contributed by atoms with Gasteiger partial charge in [0.05, 0.1) is 13.0 Å². The molecule has 0 saturated heterocycles.